The molecule has 0 aliphatic heterocycles. The first-order chi connectivity index (χ1) is 14.2. The highest BCUT2D eigenvalue weighted by molar-refractivity contribution is 5.85. The number of β-amino-alcohol motifs (C(OH)–C–C–N with tert-alkyl or cyclic N) is 1. The zero-order valence-corrected chi connectivity index (χ0v) is 17.3. The van der Waals surface area contributed by atoms with E-state index in [0.717, 1.165) is 20.8 Å². The molecule has 0 bridgehead atoms. The molecule has 0 spiro atoms. The van der Waals surface area contributed by atoms with Crippen LogP contribution in [0.1, 0.15) is 26.3 Å². The Bertz CT molecular complexity index is 853. The van der Waals surface area contributed by atoms with Gasteiger partial charge in [0.2, 0.25) is 0 Å². The van der Waals surface area contributed by atoms with Crippen molar-refractivity contribution in [2.75, 3.05) is 13.2 Å². The smallest absolute Gasteiger partial charge is 0.460 e. The van der Waals surface area contributed by atoms with Crippen LogP contribution in [0, 0.1) is 17.0 Å². The van der Waals surface area contributed by atoms with Gasteiger partial charge in [0.25, 0.3) is 0 Å². The summed E-state index contributed by atoms with van der Waals surface area (Å²) < 4.78 is 96.8. The van der Waals surface area contributed by atoms with Crippen molar-refractivity contribution in [3.8, 4) is 5.75 Å². The van der Waals surface area contributed by atoms with Gasteiger partial charge in [-0.15, -0.1) is 0 Å². The monoisotopic (exact) mass is 478 g/mol. The molecule has 7 nitrogen and oxygen atoms in total. The van der Waals surface area contributed by atoms with Crippen LogP contribution in [0.15, 0.2) is 18.2 Å². The SMILES string of the molecule is Cc1cccc(OCC(O)CN(C(=O)C(F)(F)C(F)(F)C(F)(F)F)C(C)(C)C)c1[N+](=O)[O-]. The second-order valence-corrected chi connectivity index (χ2v) is 7.88. The van der Waals surface area contributed by atoms with E-state index in [0.29, 0.717) is 0 Å². The van der Waals surface area contributed by atoms with Crippen molar-refractivity contribution in [3.63, 3.8) is 0 Å². The summed E-state index contributed by atoms with van der Waals surface area (Å²) in [6.45, 7) is 2.68. The lowest BCUT2D eigenvalue weighted by atomic mass is 10.0. The van der Waals surface area contributed by atoms with E-state index in [1.807, 2.05) is 0 Å². The van der Waals surface area contributed by atoms with Crippen LogP contribution in [0.5, 0.6) is 5.75 Å². The van der Waals surface area contributed by atoms with Gasteiger partial charge >= 0.3 is 29.6 Å². The summed E-state index contributed by atoms with van der Waals surface area (Å²) in [7, 11) is 0. The summed E-state index contributed by atoms with van der Waals surface area (Å²) in [6, 6.07) is 3.95. The highest BCUT2D eigenvalue weighted by Gasteiger charge is 2.77. The Labute approximate surface area is 177 Å². The molecule has 182 valence electrons. The Morgan fingerprint density at radius 3 is 2.12 bits per heavy atom. The number of halogens is 7. The second kappa shape index (κ2) is 9.08. The molecular weight excluding hydrogens is 457 g/mol. The number of nitro groups is 1. The molecule has 1 amide bonds. The first-order valence-corrected chi connectivity index (χ1v) is 8.94. The van der Waals surface area contributed by atoms with Crippen LogP contribution in [0.3, 0.4) is 0 Å². The van der Waals surface area contributed by atoms with E-state index in [2.05, 4.69) is 0 Å². The van der Waals surface area contributed by atoms with E-state index in [1.54, 1.807) is 0 Å². The maximum atomic E-state index is 13.9. The normalized spacial score (nSPS) is 14.1. The number of hydrogen-bond donors (Lipinski definition) is 1. The van der Waals surface area contributed by atoms with Gasteiger partial charge < -0.3 is 14.7 Å². The molecule has 0 aliphatic carbocycles. The van der Waals surface area contributed by atoms with Crippen LogP contribution < -0.4 is 4.74 Å². The fourth-order valence-corrected chi connectivity index (χ4v) is 2.58. The van der Waals surface area contributed by atoms with Crippen LogP contribution in [-0.2, 0) is 4.79 Å². The van der Waals surface area contributed by atoms with Crippen molar-refractivity contribution < 1.29 is 50.3 Å². The van der Waals surface area contributed by atoms with E-state index >= 15 is 0 Å². The maximum absolute atomic E-state index is 13.9. The number of carbonyl (C=O) groups is 1. The number of aliphatic hydroxyl groups is 1. The molecule has 1 aromatic rings. The van der Waals surface area contributed by atoms with Gasteiger partial charge in [0, 0.05) is 11.1 Å². The lowest BCUT2D eigenvalue weighted by Gasteiger charge is -2.40. The van der Waals surface area contributed by atoms with Crippen molar-refractivity contribution in [2.24, 2.45) is 0 Å². The minimum Gasteiger partial charge on any atom is -0.484 e. The molecule has 0 aliphatic rings. The van der Waals surface area contributed by atoms with Gasteiger partial charge in [0.05, 0.1) is 11.5 Å². The zero-order valence-electron chi connectivity index (χ0n) is 17.3. The summed E-state index contributed by atoms with van der Waals surface area (Å²) in [6.07, 6.45) is -8.57. The van der Waals surface area contributed by atoms with Gasteiger partial charge in [-0.3, -0.25) is 14.9 Å². The van der Waals surface area contributed by atoms with Crippen molar-refractivity contribution >= 4 is 11.6 Å². The molecule has 1 rings (SSSR count). The summed E-state index contributed by atoms with van der Waals surface area (Å²) in [5.74, 6) is -16.0. The average Bonchev–Trinajstić information content (AvgIpc) is 2.61. The highest BCUT2D eigenvalue weighted by Crippen LogP contribution is 2.47. The molecule has 1 N–H and O–H groups in total. The van der Waals surface area contributed by atoms with Crippen LogP contribution in [0.2, 0.25) is 0 Å². The molecule has 0 fully saturated rings. The molecule has 32 heavy (non-hydrogen) atoms. The third kappa shape index (κ3) is 5.58. The number of alkyl halides is 7. The summed E-state index contributed by atoms with van der Waals surface area (Å²) in [5, 5.41) is 21.2. The first-order valence-electron chi connectivity index (χ1n) is 8.94. The van der Waals surface area contributed by atoms with Crippen molar-refractivity contribution in [2.45, 2.75) is 57.4 Å². The fourth-order valence-electron chi connectivity index (χ4n) is 2.58. The van der Waals surface area contributed by atoms with Crippen molar-refractivity contribution in [3.05, 3.63) is 33.9 Å². The van der Waals surface area contributed by atoms with E-state index in [1.165, 1.54) is 25.1 Å². The quantitative estimate of drug-likeness (QED) is 0.345. The van der Waals surface area contributed by atoms with E-state index < -0.39 is 59.3 Å². The standard InChI is InChI=1S/C18H21F7N2O5/c1-10-6-5-7-12(13(10)27(30)31)32-9-11(28)8-26(15(2,3)4)14(29)16(19,20)17(21,22)18(23,24)25/h5-7,11,28H,8-9H2,1-4H3. The summed E-state index contributed by atoms with van der Waals surface area (Å²) in [5.41, 5.74) is -1.97. The van der Waals surface area contributed by atoms with E-state index in [4.69, 9.17) is 4.74 Å². The molecule has 1 unspecified atom stereocenters. The molecular formula is C18H21F7N2O5. The van der Waals surface area contributed by atoms with Gasteiger partial charge in [-0.2, -0.15) is 30.7 Å². The third-order valence-electron chi connectivity index (χ3n) is 4.28. The Hall–Kier alpha value is -2.64. The Morgan fingerprint density at radius 2 is 1.69 bits per heavy atom. The van der Waals surface area contributed by atoms with Crippen LogP contribution in [-0.4, -0.2) is 63.7 Å². The number of aryl methyl sites for hydroxylation is 1. The first kappa shape index (κ1) is 27.4. The van der Waals surface area contributed by atoms with Crippen LogP contribution in [0.25, 0.3) is 0 Å². The van der Waals surface area contributed by atoms with Crippen molar-refractivity contribution in [1.82, 2.24) is 4.90 Å². The lowest BCUT2D eigenvalue weighted by molar-refractivity contribution is -0.386. The van der Waals surface area contributed by atoms with Crippen LogP contribution in [0.4, 0.5) is 36.4 Å². The number of hydrogen-bond acceptors (Lipinski definition) is 5. The summed E-state index contributed by atoms with van der Waals surface area (Å²) >= 11 is 0. The molecule has 0 saturated carbocycles. The number of benzene rings is 1. The maximum Gasteiger partial charge on any atom is 0.460 e. The number of amides is 1. The molecule has 1 atom stereocenters. The molecule has 0 radical (unpaired) electrons. The predicted molar refractivity (Wildman–Crippen MR) is 96.8 cm³/mol. The minimum absolute atomic E-state index is 0.0364. The van der Waals surface area contributed by atoms with Gasteiger partial charge in [-0.1, -0.05) is 12.1 Å². The topological polar surface area (TPSA) is 92.9 Å². The van der Waals surface area contributed by atoms with Crippen molar-refractivity contribution in [1.29, 1.82) is 0 Å². The lowest BCUT2D eigenvalue weighted by Crippen LogP contribution is -2.64. The molecule has 0 saturated heterocycles. The molecule has 14 heteroatoms. The fraction of sp³-hybridized carbons (Fsp3) is 0.611. The number of aliphatic hydroxyl groups excluding tert-OH is 1. The third-order valence-corrected chi connectivity index (χ3v) is 4.28. The number of carbonyl (C=O) groups excluding carboxylic acids is 1. The van der Waals surface area contributed by atoms with Gasteiger partial charge in [-0.05, 0) is 33.8 Å². The summed E-state index contributed by atoms with van der Waals surface area (Å²) in [4.78, 5) is 22.4. The number of ether oxygens (including phenoxy) is 1. The number of rotatable bonds is 8. The zero-order chi connectivity index (χ0) is 25.3. The van der Waals surface area contributed by atoms with Gasteiger partial charge in [-0.25, -0.2) is 0 Å². The van der Waals surface area contributed by atoms with Crippen LogP contribution >= 0.6 is 0 Å². The highest BCUT2D eigenvalue weighted by atomic mass is 19.4. The van der Waals surface area contributed by atoms with Gasteiger partial charge in [0.15, 0.2) is 5.75 Å². The number of para-hydroxylation sites is 1. The molecule has 1 aromatic carbocycles. The second-order valence-electron chi connectivity index (χ2n) is 7.88. The Morgan fingerprint density at radius 1 is 1.16 bits per heavy atom. The minimum atomic E-state index is -6.71. The van der Waals surface area contributed by atoms with E-state index in [-0.39, 0.29) is 16.2 Å². The number of nitro benzene ring substituents is 1. The largest absolute Gasteiger partial charge is 0.484 e. The molecule has 0 aromatic heterocycles. The predicted octanol–water partition coefficient (Wildman–Crippen LogP) is 4.10. The van der Waals surface area contributed by atoms with E-state index in [9.17, 15) is 50.7 Å². The Balaban J connectivity index is 3.11. The Kier molecular flexibility index (Phi) is 7.77. The van der Waals surface area contributed by atoms with Gasteiger partial charge in [0.1, 0.15) is 12.7 Å². The average molecular weight is 478 g/mol. The number of nitrogens with zero attached hydrogens (tertiary/aromatic N) is 2. The molecule has 0 heterocycles.